The fourth-order valence-corrected chi connectivity index (χ4v) is 0.896. The van der Waals surface area contributed by atoms with E-state index < -0.39 is 5.60 Å². The van der Waals surface area contributed by atoms with Crippen molar-refractivity contribution in [1.29, 1.82) is 0 Å². The molecule has 0 amide bonds. The molecule has 1 atom stereocenters. The third kappa shape index (κ3) is 3.24. The first-order chi connectivity index (χ1) is 4.81. The van der Waals surface area contributed by atoms with Gasteiger partial charge in [-0.2, -0.15) is 0 Å². The van der Waals surface area contributed by atoms with Gasteiger partial charge in [0.15, 0.2) is 0 Å². The minimum Gasteiger partial charge on any atom is -0.390 e. The Hall–Kier alpha value is -0.0400. The van der Waals surface area contributed by atoms with Gasteiger partial charge in [0.05, 0.1) is 5.60 Å². The van der Waals surface area contributed by atoms with Crippen LogP contribution in [0.1, 0.15) is 53.9 Å². The first-order valence-electron chi connectivity index (χ1n) is 4.53. The number of rotatable bonds is 3. The molecule has 0 aliphatic carbocycles. The molecule has 11 heavy (non-hydrogen) atoms. The highest BCUT2D eigenvalue weighted by atomic mass is 16.3. The minimum absolute atomic E-state index is 0.00215. The summed E-state index contributed by atoms with van der Waals surface area (Å²) >= 11 is 0. The van der Waals surface area contributed by atoms with E-state index in [1.807, 2.05) is 6.92 Å². The summed E-state index contributed by atoms with van der Waals surface area (Å²) in [5.74, 6) is 0. The molecule has 0 saturated carbocycles. The lowest BCUT2D eigenvalue weighted by Gasteiger charge is -2.37. The zero-order valence-electron chi connectivity index (χ0n) is 8.57. The minimum atomic E-state index is -0.511. The van der Waals surface area contributed by atoms with Crippen LogP contribution in [0, 0.1) is 5.41 Å². The molecule has 0 rings (SSSR count). The van der Waals surface area contributed by atoms with E-state index in [4.69, 9.17) is 0 Å². The van der Waals surface area contributed by atoms with Crippen molar-refractivity contribution in [2.24, 2.45) is 5.41 Å². The lowest BCUT2D eigenvalue weighted by atomic mass is 9.75. The maximum atomic E-state index is 9.98. The van der Waals surface area contributed by atoms with E-state index in [2.05, 4.69) is 27.7 Å². The molecule has 0 heterocycles. The molecule has 0 aliphatic rings. The molecule has 0 radical (unpaired) electrons. The van der Waals surface area contributed by atoms with Crippen molar-refractivity contribution in [3.8, 4) is 0 Å². The van der Waals surface area contributed by atoms with Crippen LogP contribution in [0.2, 0.25) is 0 Å². The number of hydrogen-bond acceptors (Lipinski definition) is 1. The van der Waals surface area contributed by atoms with Gasteiger partial charge in [-0.25, -0.2) is 0 Å². The second-order valence-electron chi connectivity index (χ2n) is 4.63. The summed E-state index contributed by atoms with van der Waals surface area (Å²) in [6.45, 7) is 10.3. The Labute approximate surface area is 70.8 Å². The Morgan fingerprint density at radius 1 is 1.09 bits per heavy atom. The predicted octanol–water partition coefficient (Wildman–Crippen LogP) is 2.97. The van der Waals surface area contributed by atoms with Crippen molar-refractivity contribution in [2.45, 2.75) is 59.5 Å². The van der Waals surface area contributed by atoms with Gasteiger partial charge in [0.1, 0.15) is 0 Å². The molecule has 1 heteroatoms. The van der Waals surface area contributed by atoms with Crippen molar-refractivity contribution in [1.82, 2.24) is 0 Å². The van der Waals surface area contributed by atoms with Gasteiger partial charge in [0.25, 0.3) is 0 Å². The lowest BCUT2D eigenvalue weighted by Crippen LogP contribution is -2.39. The largest absolute Gasteiger partial charge is 0.390 e. The van der Waals surface area contributed by atoms with Crippen LogP contribution < -0.4 is 0 Å². The summed E-state index contributed by atoms with van der Waals surface area (Å²) in [5.41, 5.74) is -0.509. The van der Waals surface area contributed by atoms with Crippen LogP contribution in [0.15, 0.2) is 0 Å². The van der Waals surface area contributed by atoms with E-state index in [0.29, 0.717) is 0 Å². The fraction of sp³-hybridized carbons (Fsp3) is 1.00. The summed E-state index contributed by atoms with van der Waals surface area (Å²) in [5, 5.41) is 9.98. The van der Waals surface area contributed by atoms with Crippen LogP contribution in [0.4, 0.5) is 0 Å². The molecule has 0 aromatic rings. The Bertz CT molecular complexity index is 109. The molecule has 0 aromatic heterocycles. The Morgan fingerprint density at radius 3 is 1.82 bits per heavy atom. The summed E-state index contributed by atoms with van der Waals surface area (Å²) in [4.78, 5) is 0. The average molecular weight is 158 g/mol. The quantitative estimate of drug-likeness (QED) is 0.669. The van der Waals surface area contributed by atoms with E-state index in [0.717, 1.165) is 19.3 Å². The van der Waals surface area contributed by atoms with Gasteiger partial charge in [-0.15, -0.1) is 0 Å². The van der Waals surface area contributed by atoms with E-state index in [1.165, 1.54) is 0 Å². The third-order valence-corrected chi connectivity index (χ3v) is 2.63. The highest BCUT2D eigenvalue weighted by Gasteiger charge is 2.33. The Kier molecular flexibility index (Phi) is 3.56. The van der Waals surface area contributed by atoms with Crippen LogP contribution in [0.5, 0.6) is 0 Å². The average Bonchev–Trinajstić information content (AvgIpc) is 1.81. The van der Waals surface area contributed by atoms with Gasteiger partial charge >= 0.3 is 0 Å². The van der Waals surface area contributed by atoms with Crippen LogP contribution in [0.25, 0.3) is 0 Å². The fourth-order valence-electron chi connectivity index (χ4n) is 0.896. The third-order valence-electron chi connectivity index (χ3n) is 2.63. The van der Waals surface area contributed by atoms with Gasteiger partial charge in [-0.05, 0) is 18.8 Å². The van der Waals surface area contributed by atoms with E-state index in [1.54, 1.807) is 0 Å². The number of unbranched alkanes of at least 4 members (excludes halogenated alkanes) is 1. The highest BCUT2D eigenvalue weighted by molar-refractivity contribution is 4.85. The van der Waals surface area contributed by atoms with Crippen molar-refractivity contribution in [3.63, 3.8) is 0 Å². The number of hydrogen-bond donors (Lipinski definition) is 1. The molecular formula is C10H22O. The van der Waals surface area contributed by atoms with Crippen molar-refractivity contribution < 1.29 is 5.11 Å². The summed E-state index contributed by atoms with van der Waals surface area (Å²) in [6.07, 6.45) is 3.18. The molecule has 0 bridgehead atoms. The molecule has 0 saturated heterocycles. The van der Waals surface area contributed by atoms with E-state index in [-0.39, 0.29) is 5.41 Å². The van der Waals surface area contributed by atoms with Crippen molar-refractivity contribution in [2.75, 3.05) is 0 Å². The van der Waals surface area contributed by atoms with Gasteiger partial charge in [-0.3, -0.25) is 0 Å². The van der Waals surface area contributed by atoms with Gasteiger partial charge < -0.3 is 5.11 Å². The van der Waals surface area contributed by atoms with Crippen LogP contribution in [0.3, 0.4) is 0 Å². The first kappa shape index (κ1) is 11.0. The van der Waals surface area contributed by atoms with Crippen molar-refractivity contribution >= 4 is 0 Å². The van der Waals surface area contributed by atoms with Crippen LogP contribution in [-0.2, 0) is 0 Å². The molecule has 1 nitrogen and oxygen atoms in total. The molecule has 0 aromatic carbocycles. The predicted molar refractivity (Wildman–Crippen MR) is 49.6 cm³/mol. The van der Waals surface area contributed by atoms with Gasteiger partial charge in [0, 0.05) is 0 Å². The molecular weight excluding hydrogens is 136 g/mol. The van der Waals surface area contributed by atoms with Gasteiger partial charge in [-0.1, -0.05) is 40.5 Å². The smallest absolute Gasteiger partial charge is 0.0667 e. The zero-order chi connectivity index (χ0) is 9.12. The van der Waals surface area contributed by atoms with E-state index in [9.17, 15) is 5.11 Å². The zero-order valence-corrected chi connectivity index (χ0v) is 8.57. The number of aliphatic hydroxyl groups is 1. The van der Waals surface area contributed by atoms with Crippen LogP contribution >= 0.6 is 0 Å². The summed E-state index contributed by atoms with van der Waals surface area (Å²) in [7, 11) is 0. The topological polar surface area (TPSA) is 20.2 Å². The molecule has 0 fully saturated rings. The van der Waals surface area contributed by atoms with E-state index >= 15 is 0 Å². The maximum absolute atomic E-state index is 9.98. The lowest BCUT2D eigenvalue weighted by molar-refractivity contribution is -0.0493. The van der Waals surface area contributed by atoms with Crippen LogP contribution in [-0.4, -0.2) is 10.7 Å². The van der Waals surface area contributed by atoms with Crippen molar-refractivity contribution in [3.05, 3.63) is 0 Å². The molecule has 1 N–H and O–H groups in total. The summed E-state index contributed by atoms with van der Waals surface area (Å²) in [6, 6.07) is 0. The molecule has 0 spiro atoms. The SMILES string of the molecule is CCCCC(C)(O)C(C)(C)C. The second kappa shape index (κ2) is 3.57. The monoisotopic (exact) mass is 158 g/mol. The maximum Gasteiger partial charge on any atom is 0.0667 e. The summed E-state index contributed by atoms with van der Waals surface area (Å²) < 4.78 is 0. The molecule has 68 valence electrons. The standard InChI is InChI=1S/C10H22O/c1-6-7-8-10(5,11)9(2,3)4/h11H,6-8H2,1-5H3. The Balaban J connectivity index is 4.00. The molecule has 0 aliphatic heterocycles. The molecule has 1 unspecified atom stereocenters. The first-order valence-corrected chi connectivity index (χ1v) is 4.53. The normalized spacial score (nSPS) is 18.0. The second-order valence-corrected chi connectivity index (χ2v) is 4.63. The Morgan fingerprint density at radius 2 is 1.55 bits per heavy atom. The van der Waals surface area contributed by atoms with Gasteiger partial charge in [0.2, 0.25) is 0 Å². The highest BCUT2D eigenvalue weighted by Crippen LogP contribution is 2.33.